The summed E-state index contributed by atoms with van der Waals surface area (Å²) >= 11 is 1.74. The average Bonchev–Trinajstić information content (AvgIpc) is 3.74. The second-order valence-electron chi connectivity index (χ2n) is 11.0. The van der Waals surface area contributed by atoms with Crippen molar-refractivity contribution in [3.8, 4) is 11.4 Å². The maximum absolute atomic E-state index is 4.61. The van der Waals surface area contributed by atoms with Gasteiger partial charge in [-0.25, -0.2) is 9.36 Å². The molecule has 44 heavy (non-hydrogen) atoms. The molecule has 2 aromatic heterocycles. The number of aromatic nitrogens is 4. The predicted molar refractivity (Wildman–Crippen MR) is 175 cm³/mol. The zero-order chi connectivity index (χ0) is 29.2. The fourth-order valence-corrected chi connectivity index (χ4v) is 5.18. The van der Waals surface area contributed by atoms with E-state index in [0.717, 1.165) is 22.4 Å². The second-order valence-corrected chi connectivity index (χ2v) is 20.3. The third-order valence-corrected chi connectivity index (χ3v) is 7.03. The van der Waals surface area contributed by atoms with Crippen LogP contribution in [0.2, 0.25) is 13.1 Å². The SMILES string of the molecule is C[Si](C)=[Zr+2].Cc1cc2ccc(-n3cc4ccccc4n3)cc2[cH-]1.Cc1cc2ccc(-n3cc4ccccc4n3)cc2[cH-]1.[Cl-].[Cl-]. The molecular weight excluding hydrogens is 679 g/mol. The van der Waals surface area contributed by atoms with Crippen LogP contribution >= 0.6 is 0 Å². The summed E-state index contributed by atoms with van der Waals surface area (Å²) in [5.74, 6) is 0. The first kappa shape index (κ1) is 33.6. The van der Waals surface area contributed by atoms with Crippen LogP contribution in [-0.2, 0) is 23.3 Å². The Balaban J connectivity index is 0.000000172. The Morgan fingerprint density at radius 1 is 0.568 bits per heavy atom. The molecule has 0 atom stereocenters. The standard InChI is InChI=1S/2C17H13N2.C2H6Si.2ClH.Zr/c2*1-12-8-13-6-7-16(10-15(13)9-12)19-11-14-4-2-3-5-17(14)18-19;1-3-2;;;/h2*2-11H,1H3;1-2H3;2*1H;/q2*-1;;;;+2/p-2. The molecule has 0 aliphatic rings. The fraction of sp³-hybridized carbons (Fsp3) is 0.111. The van der Waals surface area contributed by atoms with Crippen molar-refractivity contribution in [3.05, 3.63) is 133 Å². The Kier molecular flexibility index (Phi) is 11.2. The van der Waals surface area contributed by atoms with Crippen LogP contribution < -0.4 is 24.8 Å². The van der Waals surface area contributed by atoms with Crippen LogP contribution in [0.15, 0.2) is 122 Å². The maximum Gasteiger partial charge on any atom is 0.0927 e. The smallest absolute Gasteiger partial charge is 0.0927 e. The molecule has 2 heterocycles. The van der Waals surface area contributed by atoms with Gasteiger partial charge in [-0.3, -0.25) is 0 Å². The van der Waals surface area contributed by atoms with Crippen LogP contribution in [0, 0.1) is 13.8 Å². The molecule has 0 radical (unpaired) electrons. The van der Waals surface area contributed by atoms with Crippen molar-refractivity contribution >= 4 is 48.8 Å². The molecule has 0 bridgehead atoms. The van der Waals surface area contributed by atoms with Crippen molar-refractivity contribution in [2.75, 3.05) is 0 Å². The predicted octanol–water partition coefficient (Wildman–Crippen LogP) is 3.20. The summed E-state index contributed by atoms with van der Waals surface area (Å²) in [7, 11) is 0. The topological polar surface area (TPSA) is 35.6 Å². The van der Waals surface area contributed by atoms with E-state index in [4.69, 9.17) is 0 Å². The number of fused-ring (bicyclic) bond motifs is 4. The molecule has 0 spiro atoms. The molecule has 0 fully saturated rings. The van der Waals surface area contributed by atoms with Gasteiger partial charge in [0.15, 0.2) is 0 Å². The molecule has 8 heteroatoms. The van der Waals surface area contributed by atoms with Gasteiger partial charge in [0.2, 0.25) is 0 Å². The van der Waals surface area contributed by atoms with E-state index in [0.29, 0.717) is 0 Å². The van der Waals surface area contributed by atoms with Crippen LogP contribution in [0.3, 0.4) is 0 Å². The summed E-state index contributed by atoms with van der Waals surface area (Å²) in [6, 6.07) is 38.1. The monoisotopic (exact) mass is 708 g/mol. The zero-order valence-corrected chi connectivity index (χ0v) is 30.1. The first-order valence-electron chi connectivity index (χ1n) is 14.1. The summed E-state index contributed by atoms with van der Waals surface area (Å²) in [6.07, 6.45) is 4.15. The van der Waals surface area contributed by atoms with Crippen LogP contribution in [0.4, 0.5) is 0 Å². The molecule has 4 nitrogen and oxygen atoms in total. The minimum atomic E-state index is 0. The Morgan fingerprint density at radius 2 is 0.955 bits per heavy atom. The Bertz CT molecular complexity index is 1970. The van der Waals surface area contributed by atoms with Gasteiger partial charge in [0.05, 0.1) is 11.0 Å². The van der Waals surface area contributed by atoms with Gasteiger partial charge in [-0.05, 0) is 12.1 Å². The number of aryl methyl sites for hydroxylation is 2. The van der Waals surface area contributed by atoms with Crippen LogP contribution in [-0.4, -0.2) is 25.0 Å². The minimum absolute atomic E-state index is 0. The molecule has 8 rings (SSSR count). The van der Waals surface area contributed by atoms with E-state index in [2.05, 4.69) is 122 Å². The van der Waals surface area contributed by atoms with E-state index in [-0.39, 0.29) is 30.2 Å². The molecule has 6 aromatic carbocycles. The number of rotatable bonds is 2. The largest absolute Gasteiger partial charge is 1.00 e. The first-order chi connectivity index (χ1) is 20.3. The molecule has 0 aliphatic heterocycles. The number of hydrogen-bond acceptors (Lipinski definition) is 2. The summed E-state index contributed by atoms with van der Waals surface area (Å²) in [6.45, 7) is 8.87. The Hall–Kier alpha value is -3.28. The summed E-state index contributed by atoms with van der Waals surface area (Å²) < 4.78 is 3.90. The van der Waals surface area contributed by atoms with Gasteiger partial charge in [0.1, 0.15) is 0 Å². The average molecular weight is 711 g/mol. The first-order valence-corrected chi connectivity index (χ1v) is 20.3. The Morgan fingerprint density at radius 3 is 1.34 bits per heavy atom. The quantitative estimate of drug-likeness (QED) is 0.204. The molecule has 0 aliphatic carbocycles. The third kappa shape index (κ3) is 7.68. The van der Waals surface area contributed by atoms with Crippen molar-refractivity contribution in [1.29, 1.82) is 0 Å². The zero-order valence-electron chi connectivity index (χ0n) is 25.1. The second kappa shape index (κ2) is 14.7. The summed E-state index contributed by atoms with van der Waals surface area (Å²) in [4.78, 5) is 0. The van der Waals surface area contributed by atoms with Gasteiger partial charge in [-0.2, -0.15) is 22.3 Å². The van der Waals surface area contributed by atoms with Crippen molar-refractivity contribution in [2.45, 2.75) is 26.9 Å². The maximum atomic E-state index is 4.61. The Labute approximate surface area is 285 Å². The van der Waals surface area contributed by atoms with Crippen molar-refractivity contribution in [1.82, 2.24) is 19.6 Å². The van der Waals surface area contributed by atoms with Gasteiger partial charge in [0.25, 0.3) is 0 Å². The van der Waals surface area contributed by atoms with Crippen LogP contribution in [0.25, 0.3) is 54.7 Å². The van der Waals surface area contributed by atoms with Gasteiger partial charge >= 0.3 is 41.9 Å². The van der Waals surface area contributed by atoms with E-state index >= 15 is 0 Å². The molecule has 0 N–H and O–H groups in total. The number of nitrogens with zero attached hydrogens (tertiary/aromatic N) is 4. The molecule has 0 saturated heterocycles. The van der Waals surface area contributed by atoms with Gasteiger partial charge in [-0.1, -0.05) is 62.4 Å². The van der Waals surface area contributed by atoms with Gasteiger partial charge < -0.3 is 24.8 Å². The van der Waals surface area contributed by atoms with Crippen molar-refractivity contribution < 1.29 is 48.1 Å². The number of hydrogen-bond donors (Lipinski definition) is 0. The number of halogens is 2. The van der Waals surface area contributed by atoms with Crippen molar-refractivity contribution in [3.63, 3.8) is 0 Å². The van der Waals surface area contributed by atoms with Crippen LogP contribution in [0.1, 0.15) is 11.1 Å². The van der Waals surface area contributed by atoms with E-state index in [1.807, 2.05) is 45.8 Å². The molecule has 220 valence electrons. The normalized spacial score (nSPS) is 10.5. The minimum Gasteiger partial charge on any atom is -1.00 e. The molecule has 8 aromatic rings. The van der Waals surface area contributed by atoms with E-state index < -0.39 is 0 Å². The van der Waals surface area contributed by atoms with Crippen molar-refractivity contribution in [2.24, 2.45) is 0 Å². The molecular formula is C36H32Cl2N4SiZr-2. The molecule has 0 saturated carbocycles. The molecule has 0 amide bonds. The van der Waals surface area contributed by atoms with Crippen LogP contribution in [0.5, 0.6) is 0 Å². The fourth-order valence-electron chi connectivity index (χ4n) is 5.18. The number of benzene rings is 4. The van der Waals surface area contributed by atoms with E-state index in [9.17, 15) is 0 Å². The van der Waals surface area contributed by atoms with Gasteiger partial charge in [0, 0.05) is 34.5 Å². The van der Waals surface area contributed by atoms with E-state index in [1.54, 1.807) is 23.3 Å². The third-order valence-electron chi connectivity index (χ3n) is 7.03. The van der Waals surface area contributed by atoms with Gasteiger partial charge in [-0.15, -0.1) is 69.1 Å². The summed E-state index contributed by atoms with van der Waals surface area (Å²) in [5, 5.41) is 16.7. The molecule has 0 unspecified atom stereocenters. The summed E-state index contributed by atoms with van der Waals surface area (Å²) in [5.41, 5.74) is 7.09. The van der Waals surface area contributed by atoms with E-state index in [1.165, 1.54) is 43.4 Å².